The third-order valence-electron chi connectivity index (χ3n) is 4.32. The smallest absolute Gasteiger partial charge is 0.314 e. The molecule has 0 atom stereocenters. The highest BCUT2D eigenvalue weighted by molar-refractivity contribution is 6.39. The molecule has 154 valence electrons. The molecule has 3 rings (SSSR count). The van der Waals surface area contributed by atoms with Crippen LogP contribution in [-0.4, -0.2) is 49.7 Å². The molecule has 1 fully saturated rings. The van der Waals surface area contributed by atoms with Crippen LogP contribution < -0.4 is 20.3 Å². The van der Waals surface area contributed by atoms with Gasteiger partial charge >= 0.3 is 11.8 Å². The molecule has 0 unspecified atom stereocenters. The van der Waals surface area contributed by atoms with Crippen molar-refractivity contribution in [3.63, 3.8) is 0 Å². The van der Waals surface area contributed by atoms with Crippen molar-refractivity contribution in [2.45, 2.75) is 13.5 Å². The maximum absolute atomic E-state index is 13.8. The molecular weight excluding hydrogens is 379 g/mol. The van der Waals surface area contributed by atoms with E-state index >= 15 is 0 Å². The van der Waals surface area contributed by atoms with Crippen LogP contribution in [0.15, 0.2) is 36.5 Å². The lowest BCUT2D eigenvalue weighted by atomic mass is 10.2. The predicted octanol–water partition coefficient (Wildman–Crippen LogP) is 1.71. The first-order chi connectivity index (χ1) is 14.1. The summed E-state index contributed by atoms with van der Waals surface area (Å²) in [5.41, 5.74) is 1.44. The van der Waals surface area contributed by atoms with Crippen molar-refractivity contribution in [2.75, 3.05) is 43.1 Å². The minimum Gasteiger partial charge on any atom is -0.491 e. The average Bonchev–Trinajstić information content (AvgIpc) is 2.75. The van der Waals surface area contributed by atoms with Crippen molar-refractivity contribution in [3.8, 4) is 5.75 Å². The van der Waals surface area contributed by atoms with Crippen molar-refractivity contribution in [1.82, 2.24) is 10.3 Å². The second-order valence-electron chi connectivity index (χ2n) is 6.34. The first-order valence-electron chi connectivity index (χ1n) is 9.36. The number of rotatable bonds is 6. The summed E-state index contributed by atoms with van der Waals surface area (Å²) in [5, 5.41) is 4.90. The molecule has 9 heteroatoms. The normalized spacial score (nSPS) is 13.7. The number of amides is 2. The van der Waals surface area contributed by atoms with Crippen molar-refractivity contribution < 1.29 is 23.5 Å². The molecule has 0 bridgehead atoms. The Morgan fingerprint density at radius 2 is 2.00 bits per heavy atom. The second-order valence-corrected chi connectivity index (χ2v) is 6.34. The Bertz CT molecular complexity index is 854. The fraction of sp³-hybridized carbons (Fsp3) is 0.350. The second kappa shape index (κ2) is 9.83. The summed E-state index contributed by atoms with van der Waals surface area (Å²) in [4.78, 5) is 30.3. The fourth-order valence-corrected chi connectivity index (χ4v) is 2.83. The first-order valence-corrected chi connectivity index (χ1v) is 9.36. The molecule has 1 aromatic carbocycles. The van der Waals surface area contributed by atoms with Gasteiger partial charge in [-0.25, -0.2) is 9.37 Å². The number of nitrogens with one attached hydrogen (secondary N) is 2. The summed E-state index contributed by atoms with van der Waals surface area (Å²) in [6, 6.07) is 7.83. The number of ether oxygens (including phenoxy) is 2. The van der Waals surface area contributed by atoms with Gasteiger partial charge in [0.1, 0.15) is 5.82 Å². The maximum atomic E-state index is 13.8. The van der Waals surface area contributed by atoms with Crippen LogP contribution in [0, 0.1) is 5.82 Å². The van der Waals surface area contributed by atoms with Gasteiger partial charge in [-0.3, -0.25) is 9.59 Å². The molecule has 0 spiro atoms. The minimum absolute atomic E-state index is 0.0129. The molecule has 2 heterocycles. The number of anilines is 2. The van der Waals surface area contributed by atoms with E-state index in [1.807, 2.05) is 6.07 Å². The van der Waals surface area contributed by atoms with Crippen LogP contribution in [0.2, 0.25) is 0 Å². The Kier molecular flexibility index (Phi) is 6.96. The molecule has 1 aliphatic rings. The molecule has 2 amide bonds. The Hall–Kier alpha value is -3.20. The highest BCUT2D eigenvalue weighted by atomic mass is 19.1. The lowest BCUT2D eigenvalue weighted by Crippen LogP contribution is -2.36. The summed E-state index contributed by atoms with van der Waals surface area (Å²) in [5.74, 6) is -1.78. The molecule has 1 aromatic heterocycles. The predicted molar refractivity (Wildman–Crippen MR) is 105 cm³/mol. The van der Waals surface area contributed by atoms with Gasteiger partial charge in [-0.1, -0.05) is 6.07 Å². The van der Waals surface area contributed by atoms with Crippen LogP contribution in [0.5, 0.6) is 5.75 Å². The van der Waals surface area contributed by atoms with Gasteiger partial charge in [-0.2, -0.15) is 0 Å². The average molecular weight is 402 g/mol. The Balaban J connectivity index is 1.50. The SMILES string of the molecule is CCOc1ccc(CNC(=O)C(=O)Nc2ccc(N3CCOCC3)cn2)cc1F. The molecule has 29 heavy (non-hydrogen) atoms. The molecule has 0 saturated carbocycles. The van der Waals surface area contributed by atoms with Crippen LogP contribution in [0.1, 0.15) is 12.5 Å². The van der Waals surface area contributed by atoms with E-state index in [1.165, 1.54) is 12.1 Å². The zero-order valence-corrected chi connectivity index (χ0v) is 16.1. The molecule has 1 saturated heterocycles. The molecule has 0 radical (unpaired) electrons. The van der Waals surface area contributed by atoms with Crippen LogP contribution in [-0.2, 0) is 20.9 Å². The molecule has 2 N–H and O–H groups in total. The van der Waals surface area contributed by atoms with Gasteiger partial charge < -0.3 is 25.0 Å². The Morgan fingerprint density at radius 1 is 1.21 bits per heavy atom. The number of pyridine rings is 1. The highest BCUT2D eigenvalue weighted by Crippen LogP contribution is 2.18. The summed E-state index contributed by atoms with van der Waals surface area (Å²) < 4.78 is 24.3. The summed E-state index contributed by atoms with van der Waals surface area (Å²) in [7, 11) is 0. The lowest BCUT2D eigenvalue weighted by Gasteiger charge is -2.28. The van der Waals surface area contributed by atoms with Crippen molar-refractivity contribution in [1.29, 1.82) is 0 Å². The Labute approximate surface area is 168 Å². The van der Waals surface area contributed by atoms with Crippen molar-refractivity contribution in [3.05, 3.63) is 47.9 Å². The minimum atomic E-state index is -0.844. The number of benzene rings is 1. The molecule has 0 aliphatic carbocycles. The molecule has 8 nitrogen and oxygen atoms in total. The quantitative estimate of drug-likeness (QED) is 0.715. The number of carbonyl (C=O) groups is 2. The number of hydrogen-bond acceptors (Lipinski definition) is 6. The Morgan fingerprint density at radius 3 is 2.66 bits per heavy atom. The zero-order valence-electron chi connectivity index (χ0n) is 16.1. The maximum Gasteiger partial charge on any atom is 0.314 e. The van der Waals surface area contributed by atoms with Gasteiger partial charge in [-0.05, 0) is 36.8 Å². The van der Waals surface area contributed by atoms with E-state index in [4.69, 9.17) is 9.47 Å². The summed E-state index contributed by atoms with van der Waals surface area (Å²) >= 11 is 0. The van der Waals surface area contributed by atoms with E-state index in [9.17, 15) is 14.0 Å². The van der Waals surface area contributed by atoms with E-state index in [0.29, 0.717) is 25.4 Å². The van der Waals surface area contributed by atoms with Gasteiger partial charge in [0.05, 0.1) is 31.7 Å². The van der Waals surface area contributed by atoms with Gasteiger partial charge in [0.25, 0.3) is 0 Å². The van der Waals surface area contributed by atoms with E-state index in [1.54, 1.807) is 25.3 Å². The number of aromatic nitrogens is 1. The van der Waals surface area contributed by atoms with Crippen LogP contribution in [0.4, 0.5) is 15.9 Å². The van der Waals surface area contributed by atoms with E-state index < -0.39 is 17.6 Å². The van der Waals surface area contributed by atoms with Gasteiger partial charge in [0, 0.05) is 19.6 Å². The van der Waals surface area contributed by atoms with E-state index in [-0.39, 0.29) is 18.1 Å². The number of halogens is 1. The topological polar surface area (TPSA) is 92.8 Å². The number of hydrogen-bond donors (Lipinski definition) is 2. The first kappa shape index (κ1) is 20.5. The third kappa shape index (κ3) is 5.64. The largest absolute Gasteiger partial charge is 0.491 e. The number of nitrogens with zero attached hydrogens (tertiary/aromatic N) is 2. The van der Waals surface area contributed by atoms with Gasteiger partial charge in [0.2, 0.25) is 0 Å². The van der Waals surface area contributed by atoms with Gasteiger partial charge in [-0.15, -0.1) is 0 Å². The van der Waals surface area contributed by atoms with E-state index in [0.717, 1.165) is 18.8 Å². The summed E-state index contributed by atoms with van der Waals surface area (Å²) in [6.07, 6.45) is 1.64. The highest BCUT2D eigenvalue weighted by Gasteiger charge is 2.16. The number of carbonyl (C=O) groups excluding carboxylic acids is 2. The lowest BCUT2D eigenvalue weighted by molar-refractivity contribution is -0.136. The van der Waals surface area contributed by atoms with Gasteiger partial charge in [0.15, 0.2) is 11.6 Å². The molecule has 2 aromatic rings. The third-order valence-corrected chi connectivity index (χ3v) is 4.32. The van der Waals surface area contributed by atoms with Crippen molar-refractivity contribution in [2.24, 2.45) is 0 Å². The zero-order chi connectivity index (χ0) is 20.6. The monoisotopic (exact) mass is 402 g/mol. The number of morpholine rings is 1. The standard InChI is InChI=1S/C20H23FN4O4/c1-2-29-17-5-3-14(11-16(17)21)12-23-19(26)20(27)24-18-6-4-15(13-22-18)25-7-9-28-10-8-25/h3-6,11,13H,2,7-10,12H2,1H3,(H,23,26)(H,22,24,27). The van der Waals surface area contributed by atoms with Crippen LogP contribution in [0.3, 0.4) is 0 Å². The molecule has 1 aliphatic heterocycles. The van der Waals surface area contributed by atoms with Crippen LogP contribution in [0.25, 0.3) is 0 Å². The van der Waals surface area contributed by atoms with Crippen LogP contribution >= 0.6 is 0 Å². The molecular formula is C20H23FN4O4. The fourth-order valence-electron chi connectivity index (χ4n) is 2.83. The van der Waals surface area contributed by atoms with E-state index in [2.05, 4.69) is 20.5 Å². The summed E-state index contributed by atoms with van der Waals surface area (Å²) in [6.45, 7) is 5.02. The van der Waals surface area contributed by atoms with Crippen molar-refractivity contribution >= 4 is 23.3 Å².